The van der Waals surface area contributed by atoms with Crippen LogP contribution in [0.4, 0.5) is 5.69 Å². The van der Waals surface area contributed by atoms with Crippen LogP contribution in [-0.4, -0.2) is 4.98 Å². The van der Waals surface area contributed by atoms with Crippen molar-refractivity contribution in [3.05, 3.63) is 58.1 Å². The molecule has 1 aromatic carbocycles. The van der Waals surface area contributed by atoms with Crippen LogP contribution >= 0.6 is 22.9 Å². The Hall–Kier alpha value is -2.09. The highest BCUT2D eigenvalue weighted by atomic mass is 35.5. The summed E-state index contributed by atoms with van der Waals surface area (Å²) in [6, 6.07) is 11.6. The van der Waals surface area contributed by atoms with E-state index in [9.17, 15) is 0 Å². The summed E-state index contributed by atoms with van der Waals surface area (Å²) in [5, 5.41) is 14.8. The van der Waals surface area contributed by atoms with Crippen LogP contribution in [0, 0.1) is 11.3 Å². The Balaban J connectivity index is 1.85. The molecule has 3 nitrogen and oxygen atoms in total. The number of rotatable bonds is 3. The number of pyridine rings is 1. The lowest BCUT2D eigenvalue weighted by atomic mass is 10.1. The lowest BCUT2D eigenvalue weighted by Crippen LogP contribution is -2.07. The number of nitrogens with zero attached hydrogens (tertiary/aromatic N) is 2. The van der Waals surface area contributed by atoms with Gasteiger partial charge in [-0.3, -0.25) is 4.98 Å². The van der Waals surface area contributed by atoms with Crippen LogP contribution in [0.5, 0.6) is 0 Å². The van der Waals surface area contributed by atoms with Crippen molar-refractivity contribution in [2.45, 2.75) is 13.0 Å². The van der Waals surface area contributed by atoms with Crippen LogP contribution < -0.4 is 5.32 Å². The number of nitriles is 1. The molecule has 3 rings (SSSR count). The molecular formula is C16H12ClN3S. The van der Waals surface area contributed by atoms with Gasteiger partial charge >= 0.3 is 0 Å². The van der Waals surface area contributed by atoms with E-state index in [1.807, 2.05) is 23.7 Å². The summed E-state index contributed by atoms with van der Waals surface area (Å²) < 4.78 is 1.17. The van der Waals surface area contributed by atoms with Crippen molar-refractivity contribution >= 4 is 38.8 Å². The zero-order valence-corrected chi connectivity index (χ0v) is 12.9. The second-order valence-electron chi connectivity index (χ2n) is 4.75. The van der Waals surface area contributed by atoms with E-state index in [-0.39, 0.29) is 6.04 Å². The van der Waals surface area contributed by atoms with Crippen molar-refractivity contribution in [1.82, 2.24) is 4.98 Å². The van der Waals surface area contributed by atoms with E-state index >= 15 is 0 Å². The van der Waals surface area contributed by atoms with E-state index in [4.69, 9.17) is 16.9 Å². The van der Waals surface area contributed by atoms with Crippen molar-refractivity contribution in [3.63, 3.8) is 0 Å². The highest BCUT2D eigenvalue weighted by Gasteiger charge is 2.10. The number of aromatic nitrogens is 1. The predicted molar refractivity (Wildman–Crippen MR) is 87.8 cm³/mol. The van der Waals surface area contributed by atoms with Gasteiger partial charge in [0.2, 0.25) is 0 Å². The van der Waals surface area contributed by atoms with Gasteiger partial charge in [0.05, 0.1) is 38.6 Å². The molecule has 0 aliphatic rings. The molecule has 0 radical (unpaired) electrons. The summed E-state index contributed by atoms with van der Waals surface area (Å²) >= 11 is 7.87. The van der Waals surface area contributed by atoms with Crippen LogP contribution in [0.1, 0.15) is 24.1 Å². The molecule has 2 heterocycles. The summed E-state index contributed by atoms with van der Waals surface area (Å²) in [5.41, 5.74) is 3.49. The zero-order chi connectivity index (χ0) is 14.8. The van der Waals surface area contributed by atoms with Crippen molar-refractivity contribution in [1.29, 1.82) is 5.26 Å². The molecule has 0 aliphatic carbocycles. The first-order valence-electron chi connectivity index (χ1n) is 6.46. The minimum atomic E-state index is 0.0782. The average molecular weight is 314 g/mol. The third-order valence-corrected chi connectivity index (χ3v) is 4.46. The number of benzene rings is 1. The van der Waals surface area contributed by atoms with E-state index in [1.165, 1.54) is 4.70 Å². The molecule has 5 heteroatoms. The molecule has 1 atom stereocenters. The summed E-state index contributed by atoms with van der Waals surface area (Å²) in [5.74, 6) is 0. The van der Waals surface area contributed by atoms with E-state index in [0.29, 0.717) is 10.6 Å². The largest absolute Gasteiger partial charge is 0.377 e. The Morgan fingerprint density at radius 1 is 1.33 bits per heavy atom. The first-order valence-corrected chi connectivity index (χ1v) is 7.72. The zero-order valence-electron chi connectivity index (χ0n) is 11.3. The number of anilines is 1. The van der Waals surface area contributed by atoms with Gasteiger partial charge in [-0.25, -0.2) is 0 Å². The van der Waals surface area contributed by atoms with E-state index in [2.05, 4.69) is 29.4 Å². The van der Waals surface area contributed by atoms with E-state index in [1.54, 1.807) is 23.5 Å². The van der Waals surface area contributed by atoms with Crippen molar-refractivity contribution in [2.24, 2.45) is 0 Å². The smallest absolute Gasteiger partial charge is 0.0992 e. The first-order chi connectivity index (χ1) is 10.2. The molecule has 0 aliphatic heterocycles. The number of halogens is 1. The maximum atomic E-state index is 8.86. The van der Waals surface area contributed by atoms with Crippen LogP contribution in [0.2, 0.25) is 5.02 Å². The normalized spacial score (nSPS) is 12.0. The van der Waals surface area contributed by atoms with Gasteiger partial charge in [-0.1, -0.05) is 11.6 Å². The van der Waals surface area contributed by atoms with Gasteiger partial charge in [0.25, 0.3) is 0 Å². The number of thiophene rings is 1. The highest BCUT2D eigenvalue weighted by molar-refractivity contribution is 7.17. The molecule has 2 aromatic heterocycles. The van der Waals surface area contributed by atoms with Gasteiger partial charge in [0, 0.05) is 6.20 Å². The summed E-state index contributed by atoms with van der Waals surface area (Å²) in [4.78, 5) is 4.45. The Morgan fingerprint density at radius 3 is 2.95 bits per heavy atom. The first kappa shape index (κ1) is 13.9. The molecule has 0 spiro atoms. The fourth-order valence-corrected chi connectivity index (χ4v) is 3.14. The molecule has 21 heavy (non-hydrogen) atoms. The Bertz CT molecular complexity index is 835. The third kappa shape index (κ3) is 2.85. The minimum absolute atomic E-state index is 0.0782. The molecular weight excluding hydrogens is 302 g/mol. The Labute approximate surface area is 131 Å². The van der Waals surface area contributed by atoms with Crippen molar-refractivity contribution in [3.8, 4) is 6.07 Å². The minimum Gasteiger partial charge on any atom is -0.377 e. The quantitative estimate of drug-likeness (QED) is 0.740. The molecule has 0 bridgehead atoms. The molecule has 3 aromatic rings. The lowest BCUT2D eigenvalue weighted by molar-refractivity contribution is 0.880. The summed E-state index contributed by atoms with van der Waals surface area (Å²) in [7, 11) is 0. The number of hydrogen-bond donors (Lipinski definition) is 1. The average Bonchev–Trinajstić information content (AvgIpc) is 2.96. The van der Waals surface area contributed by atoms with Crippen LogP contribution in [0.25, 0.3) is 10.2 Å². The Morgan fingerprint density at radius 2 is 2.19 bits per heavy atom. The lowest BCUT2D eigenvalue weighted by Gasteiger charge is -2.16. The standard InChI is InChI=1S/C16H12ClN3S/c1-10(12-7-16-15(19-9-12)4-5-21-16)20-14-3-2-11(8-18)6-13(14)17/h2-7,9-10,20H,1H3. The van der Waals surface area contributed by atoms with Gasteiger partial charge in [-0.15, -0.1) is 11.3 Å². The van der Waals surface area contributed by atoms with E-state index in [0.717, 1.165) is 16.8 Å². The summed E-state index contributed by atoms with van der Waals surface area (Å²) in [6.45, 7) is 2.06. The van der Waals surface area contributed by atoms with Crippen LogP contribution in [-0.2, 0) is 0 Å². The van der Waals surface area contributed by atoms with Crippen molar-refractivity contribution < 1.29 is 0 Å². The molecule has 1 unspecified atom stereocenters. The fourth-order valence-electron chi connectivity index (χ4n) is 2.12. The maximum absolute atomic E-state index is 8.86. The predicted octanol–water partition coefficient (Wildman–Crippen LogP) is 4.99. The number of nitrogens with one attached hydrogen (secondary N) is 1. The topological polar surface area (TPSA) is 48.7 Å². The SMILES string of the molecule is CC(Nc1ccc(C#N)cc1Cl)c1cnc2ccsc2c1. The third-order valence-electron chi connectivity index (χ3n) is 3.29. The number of fused-ring (bicyclic) bond motifs is 1. The maximum Gasteiger partial charge on any atom is 0.0992 e. The van der Waals surface area contributed by atoms with Gasteiger partial charge in [-0.05, 0) is 48.2 Å². The van der Waals surface area contributed by atoms with Crippen LogP contribution in [0.3, 0.4) is 0 Å². The molecule has 0 amide bonds. The second-order valence-corrected chi connectivity index (χ2v) is 6.10. The second kappa shape index (κ2) is 5.72. The molecule has 1 N–H and O–H groups in total. The van der Waals surface area contributed by atoms with Crippen molar-refractivity contribution in [2.75, 3.05) is 5.32 Å². The summed E-state index contributed by atoms with van der Waals surface area (Å²) in [6.07, 6.45) is 1.88. The monoisotopic (exact) mass is 313 g/mol. The fraction of sp³-hybridized carbons (Fsp3) is 0.125. The Kier molecular flexibility index (Phi) is 3.78. The van der Waals surface area contributed by atoms with Gasteiger partial charge in [0.1, 0.15) is 0 Å². The molecule has 0 saturated heterocycles. The molecule has 0 saturated carbocycles. The van der Waals surface area contributed by atoms with Gasteiger partial charge in [0.15, 0.2) is 0 Å². The van der Waals surface area contributed by atoms with Crippen LogP contribution in [0.15, 0.2) is 41.9 Å². The number of hydrogen-bond acceptors (Lipinski definition) is 4. The van der Waals surface area contributed by atoms with Gasteiger partial charge < -0.3 is 5.32 Å². The highest BCUT2D eigenvalue weighted by Crippen LogP contribution is 2.28. The molecule has 0 fully saturated rings. The van der Waals surface area contributed by atoms with E-state index < -0.39 is 0 Å². The molecule has 104 valence electrons. The van der Waals surface area contributed by atoms with Gasteiger partial charge in [-0.2, -0.15) is 5.26 Å².